The number of hydrogen-bond donors (Lipinski definition) is 1. The van der Waals surface area contributed by atoms with Crippen molar-refractivity contribution in [2.45, 2.75) is 63.2 Å². The fourth-order valence-corrected chi connectivity index (χ4v) is 4.83. The summed E-state index contributed by atoms with van der Waals surface area (Å²) in [5.74, 6) is -0.0521. The first-order chi connectivity index (χ1) is 17.4. The number of carbonyl (C=O) groups is 1. The van der Waals surface area contributed by atoms with Crippen molar-refractivity contribution in [3.8, 4) is 0 Å². The molecule has 4 nitrogen and oxygen atoms in total. The molecule has 1 N–H and O–H groups in total. The second-order valence-corrected chi connectivity index (χ2v) is 9.73. The van der Waals surface area contributed by atoms with Crippen LogP contribution in [0, 0.1) is 0 Å². The van der Waals surface area contributed by atoms with Crippen LogP contribution in [0.1, 0.15) is 59.7 Å². The summed E-state index contributed by atoms with van der Waals surface area (Å²) in [6, 6.07) is 18.3. The first-order valence-corrected chi connectivity index (χ1v) is 12.6. The third-order valence-electron chi connectivity index (χ3n) is 7.01. The molecule has 0 radical (unpaired) electrons. The minimum atomic E-state index is -4.47. The summed E-state index contributed by atoms with van der Waals surface area (Å²) in [5.41, 5.74) is 4.10. The molecule has 0 spiro atoms. The van der Waals surface area contributed by atoms with E-state index in [0.29, 0.717) is 24.6 Å². The van der Waals surface area contributed by atoms with Crippen LogP contribution in [-0.4, -0.2) is 23.5 Å². The Bertz CT molecular complexity index is 1190. The van der Waals surface area contributed by atoms with Crippen molar-refractivity contribution in [3.05, 3.63) is 94.8 Å². The number of aromatic nitrogens is 1. The summed E-state index contributed by atoms with van der Waals surface area (Å²) in [7, 11) is 0. The number of amides is 1. The number of halogens is 3. The van der Waals surface area contributed by atoms with Gasteiger partial charge in [0.05, 0.1) is 0 Å². The molecule has 2 aromatic carbocycles. The highest BCUT2D eigenvalue weighted by Crippen LogP contribution is 2.31. The van der Waals surface area contributed by atoms with Crippen molar-refractivity contribution in [1.82, 2.24) is 10.3 Å². The second-order valence-electron chi connectivity index (χ2n) is 9.73. The zero-order chi connectivity index (χ0) is 25.1. The molecule has 2 aliphatic carbocycles. The molecule has 36 heavy (non-hydrogen) atoms. The predicted octanol–water partition coefficient (Wildman–Crippen LogP) is 6.05. The molecule has 0 saturated heterocycles. The van der Waals surface area contributed by atoms with Gasteiger partial charge in [0.15, 0.2) is 0 Å². The van der Waals surface area contributed by atoms with Gasteiger partial charge in [-0.15, -0.1) is 0 Å². The van der Waals surface area contributed by atoms with Crippen LogP contribution in [0.15, 0.2) is 66.9 Å². The van der Waals surface area contributed by atoms with Crippen molar-refractivity contribution >= 4 is 11.6 Å². The highest BCUT2D eigenvalue weighted by Gasteiger charge is 2.34. The smallest absolute Gasteiger partial charge is 0.310 e. The quantitative estimate of drug-likeness (QED) is 0.416. The normalized spacial score (nSPS) is 16.3. The molecular formula is C29H30F3N3O. The summed E-state index contributed by atoms with van der Waals surface area (Å²) >= 11 is 0. The van der Waals surface area contributed by atoms with Crippen LogP contribution in [0.4, 0.5) is 18.9 Å². The van der Waals surface area contributed by atoms with Crippen molar-refractivity contribution in [1.29, 1.82) is 0 Å². The Morgan fingerprint density at radius 3 is 2.42 bits per heavy atom. The van der Waals surface area contributed by atoms with Crippen LogP contribution in [0.5, 0.6) is 0 Å². The van der Waals surface area contributed by atoms with Gasteiger partial charge in [0, 0.05) is 24.5 Å². The molecular weight excluding hydrogens is 463 g/mol. The van der Waals surface area contributed by atoms with E-state index in [1.165, 1.54) is 29.8 Å². The fraction of sp³-hybridized carbons (Fsp3) is 0.379. The van der Waals surface area contributed by atoms with Gasteiger partial charge in [0.1, 0.15) is 11.7 Å². The second kappa shape index (κ2) is 10.4. The van der Waals surface area contributed by atoms with Gasteiger partial charge in [-0.3, -0.25) is 15.1 Å². The first-order valence-electron chi connectivity index (χ1n) is 12.6. The summed E-state index contributed by atoms with van der Waals surface area (Å²) in [6.07, 6.45) is 3.65. The Balaban J connectivity index is 1.43. The largest absolute Gasteiger partial charge is 0.433 e. The van der Waals surface area contributed by atoms with Crippen molar-refractivity contribution < 1.29 is 18.0 Å². The van der Waals surface area contributed by atoms with Gasteiger partial charge in [-0.25, -0.2) is 0 Å². The minimum Gasteiger partial charge on any atom is -0.310 e. The maximum atomic E-state index is 14.1. The molecule has 2 aliphatic rings. The van der Waals surface area contributed by atoms with Crippen LogP contribution in [0.25, 0.3) is 0 Å². The van der Waals surface area contributed by atoms with Gasteiger partial charge in [-0.2, -0.15) is 13.2 Å². The highest BCUT2D eigenvalue weighted by atomic mass is 19.4. The average molecular weight is 494 g/mol. The Kier molecular flexibility index (Phi) is 7.10. The lowest BCUT2D eigenvalue weighted by Gasteiger charge is -2.30. The summed E-state index contributed by atoms with van der Waals surface area (Å²) in [5, 5.41) is 3.51. The molecule has 1 saturated carbocycles. The molecule has 0 bridgehead atoms. The SMILES string of the molecule is O=C([C@H](NC1CC1)c1ccccc1)N(CCc1ccc(C(F)(F)F)nc1)c1ccc2c(c1)CCCC2. The fourth-order valence-electron chi connectivity index (χ4n) is 4.83. The van der Waals surface area contributed by atoms with Crippen molar-refractivity contribution in [3.63, 3.8) is 0 Å². The molecule has 7 heteroatoms. The monoisotopic (exact) mass is 493 g/mol. The number of carbonyl (C=O) groups excluding carboxylic acids is 1. The standard InChI is InChI=1S/C29H30F3N3O/c30-29(31,32)26-15-10-20(19-33-26)16-17-35(25-14-11-21-6-4-5-9-23(21)18-25)28(36)27(34-24-12-13-24)22-7-2-1-3-8-22/h1-3,7-8,10-11,14-15,18-19,24,27,34H,4-6,9,12-13,16-17H2/t27-/m1/s1. The number of nitrogens with one attached hydrogen (secondary N) is 1. The Labute approximate surface area is 209 Å². The van der Waals surface area contributed by atoms with Gasteiger partial charge >= 0.3 is 6.18 Å². The number of aryl methyl sites for hydroxylation is 2. The van der Waals surface area contributed by atoms with Gasteiger partial charge < -0.3 is 4.90 Å². The molecule has 0 aliphatic heterocycles. The Morgan fingerprint density at radius 1 is 1.00 bits per heavy atom. The van der Waals surface area contributed by atoms with Crippen molar-refractivity contribution in [2.24, 2.45) is 0 Å². The molecule has 5 rings (SSSR count). The Hall–Kier alpha value is -3.19. The van der Waals surface area contributed by atoms with Crippen molar-refractivity contribution in [2.75, 3.05) is 11.4 Å². The lowest BCUT2D eigenvalue weighted by molar-refractivity contribution is -0.141. The van der Waals surface area contributed by atoms with Gasteiger partial charge in [-0.1, -0.05) is 42.5 Å². The predicted molar refractivity (Wildman–Crippen MR) is 134 cm³/mol. The van der Waals surface area contributed by atoms with E-state index in [-0.39, 0.29) is 5.91 Å². The van der Waals surface area contributed by atoms with Crippen LogP contribution < -0.4 is 10.2 Å². The number of nitrogens with zero attached hydrogens (tertiary/aromatic N) is 2. The lowest BCUT2D eigenvalue weighted by Crippen LogP contribution is -2.43. The molecule has 1 atom stereocenters. The van der Waals surface area contributed by atoms with E-state index in [4.69, 9.17) is 0 Å². The number of pyridine rings is 1. The maximum Gasteiger partial charge on any atom is 0.433 e. The van der Waals surface area contributed by atoms with Gasteiger partial charge in [-0.05, 0) is 85.4 Å². The van der Waals surface area contributed by atoms with E-state index in [1.807, 2.05) is 36.4 Å². The molecule has 3 aromatic rings. The molecule has 0 unspecified atom stereocenters. The van der Waals surface area contributed by atoms with Gasteiger partial charge in [0.25, 0.3) is 0 Å². The van der Waals surface area contributed by atoms with Gasteiger partial charge in [0.2, 0.25) is 5.91 Å². The zero-order valence-electron chi connectivity index (χ0n) is 20.1. The van der Waals surface area contributed by atoms with Crippen LogP contribution in [0.3, 0.4) is 0 Å². The molecule has 1 aromatic heterocycles. The summed E-state index contributed by atoms with van der Waals surface area (Å²) in [4.78, 5) is 19.5. The molecule has 1 fully saturated rings. The Morgan fingerprint density at radius 2 is 1.75 bits per heavy atom. The third kappa shape index (κ3) is 5.78. The number of fused-ring (bicyclic) bond motifs is 1. The molecule has 1 amide bonds. The minimum absolute atomic E-state index is 0.0521. The van der Waals surface area contributed by atoms with E-state index < -0.39 is 17.9 Å². The van der Waals surface area contributed by atoms with E-state index in [2.05, 4.69) is 22.4 Å². The van der Waals surface area contributed by atoms with E-state index >= 15 is 0 Å². The topological polar surface area (TPSA) is 45.2 Å². The number of hydrogen-bond acceptors (Lipinski definition) is 3. The molecule has 1 heterocycles. The van der Waals surface area contributed by atoms with Crippen LogP contribution in [-0.2, 0) is 30.2 Å². The van der Waals surface area contributed by atoms with E-state index in [9.17, 15) is 18.0 Å². The number of alkyl halides is 3. The number of rotatable bonds is 8. The average Bonchev–Trinajstić information content (AvgIpc) is 3.72. The first kappa shape index (κ1) is 24.5. The summed E-state index contributed by atoms with van der Waals surface area (Å²) in [6.45, 7) is 0.348. The van der Waals surface area contributed by atoms with E-state index in [1.54, 1.807) is 4.90 Å². The maximum absolute atomic E-state index is 14.1. The third-order valence-corrected chi connectivity index (χ3v) is 7.01. The van der Waals surface area contributed by atoms with E-state index in [0.717, 1.165) is 49.4 Å². The number of anilines is 1. The summed E-state index contributed by atoms with van der Waals surface area (Å²) < 4.78 is 38.8. The highest BCUT2D eigenvalue weighted by molar-refractivity contribution is 5.98. The lowest BCUT2D eigenvalue weighted by atomic mass is 9.91. The zero-order valence-corrected chi connectivity index (χ0v) is 20.1. The van der Waals surface area contributed by atoms with Crippen LogP contribution >= 0.6 is 0 Å². The number of benzene rings is 2. The van der Waals surface area contributed by atoms with Crippen LogP contribution in [0.2, 0.25) is 0 Å². The molecule has 188 valence electrons.